The van der Waals surface area contributed by atoms with Gasteiger partial charge in [0.25, 0.3) is 0 Å². The summed E-state index contributed by atoms with van der Waals surface area (Å²) in [5, 5.41) is 17.5. The lowest BCUT2D eigenvalue weighted by Gasteiger charge is -2.36. The average Bonchev–Trinajstić information content (AvgIpc) is 2.28. The minimum Gasteiger partial charge on any atom is -0.480 e. The summed E-state index contributed by atoms with van der Waals surface area (Å²) < 4.78 is 51.5. The largest absolute Gasteiger partial charge is 0.480 e. The smallest absolute Gasteiger partial charge is 0.338 e. The van der Waals surface area contributed by atoms with Gasteiger partial charge in [-0.15, -0.1) is 0 Å². The van der Waals surface area contributed by atoms with Gasteiger partial charge in [-0.25, -0.2) is 22.0 Å². The van der Waals surface area contributed by atoms with Gasteiger partial charge in [-0.2, -0.15) is 4.31 Å². The van der Waals surface area contributed by atoms with Crippen LogP contribution in [0.3, 0.4) is 0 Å². The first-order chi connectivity index (χ1) is 9.66. The molecule has 0 aromatic heterocycles. The summed E-state index contributed by atoms with van der Waals surface area (Å²) >= 11 is 0. The summed E-state index contributed by atoms with van der Waals surface area (Å²) in [7, 11) is -4.41. The fraction of sp³-hybridized carbons (Fsp3) is 0.273. The SMILES string of the molecule is O=C(O)c1cc(S(=O)(=O)N2CC[C@H]2C(=O)O)cc(F)c1F. The van der Waals surface area contributed by atoms with Crippen LogP contribution in [-0.2, 0) is 14.8 Å². The van der Waals surface area contributed by atoms with Crippen LogP contribution in [0.1, 0.15) is 16.8 Å². The van der Waals surface area contributed by atoms with Crippen LogP contribution < -0.4 is 0 Å². The Hall–Kier alpha value is -2.07. The third kappa shape index (κ3) is 2.47. The molecule has 1 aliphatic rings. The van der Waals surface area contributed by atoms with Crippen LogP contribution in [0.15, 0.2) is 17.0 Å². The molecule has 0 bridgehead atoms. The van der Waals surface area contributed by atoms with Crippen molar-refractivity contribution in [2.24, 2.45) is 0 Å². The molecule has 21 heavy (non-hydrogen) atoms. The Bertz CT molecular complexity index is 732. The van der Waals surface area contributed by atoms with E-state index in [4.69, 9.17) is 10.2 Å². The number of aromatic carboxylic acids is 1. The van der Waals surface area contributed by atoms with E-state index in [9.17, 15) is 26.8 Å². The Labute approximate surface area is 117 Å². The van der Waals surface area contributed by atoms with E-state index >= 15 is 0 Å². The molecule has 0 radical (unpaired) electrons. The van der Waals surface area contributed by atoms with Crippen molar-refractivity contribution in [2.75, 3.05) is 6.54 Å². The monoisotopic (exact) mass is 321 g/mol. The van der Waals surface area contributed by atoms with Gasteiger partial charge in [0, 0.05) is 6.54 Å². The number of benzene rings is 1. The molecule has 114 valence electrons. The van der Waals surface area contributed by atoms with E-state index in [-0.39, 0.29) is 13.0 Å². The molecule has 0 aliphatic carbocycles. The Morgan fingerprint density at radius 3 is 2.29 bits per heavy atom. The van der Waals surface area contributed by atoms with Crippen molar-refractivity contribution in [3.05, 3.63) is 29.3 Å². The lowest BCUT2D eigenvalue weighted by atomic mass is 10.1. The number of aliphatic carboxylic acids is 1. The number of rotatable bonds is 4. The number of hydrogen-bond acceptors (Lipinski definition) is 4. The van der Waals surface area contributed by atoms with Gasteiger partial charge in [0.05, 0.1) is 10.5 Å². The van der Waals surface area contributed by atoms with E-state index in [0.717, 1.165) is 0 Å². The van der Waals surface area contributed by atoms with E-state index < -0.39 is 50.1 Å². The molecule has 7 nitrogen and oxygen atoms in total. The highest BCUT2D eigenvalue weighted by atomic mass is 32.2. The maximum absolute atomic E-state index is 13.3. The molecular weight excluding hydrogens is 312 g/mol. The lowest BCUT2D eigenvalue weighted by molar-refractivity contribution is -0.144. The molecule has 0 saturated carbocycles. The molecule has 10 heteroatoms. The minimum atomic E-state index is -4.41. The van der Waals surface area contributed by atoms with Crippen molar-refractivity contribution in [1.82, 2.24) is 4.31 Å². The first-order valence-corrected chi connectivity index (χ1v) is 7.07. The fourth-order valence-corrected chi connectivity index (χ4v) is 3.57. The second kappa shape index (κ2) is 5.04. The molecule has 1 aromatic rings. The van der Waals surface area contributed by atoms with Crippen molar-refractivity contribution in [3.63, 3.8) is 0 Å². The number of sulfonamides is 1. The van der Waals surface area contributed by atoms with Gasteiger partial charge in [-0.1, -0.05) is 0 Å². The van der Waals surface area contributed by atoms with Crippen LogP contribution in [-0.4, -0.2) is 47.5 Å². The number of carboxylic acid groups (broad SMARTS) is 2. The predicted molar refractivity (Wildman–Crippen MR) is 63.2 cm³/mol. The highest BCUT2D eigenvalue weighted by molar-refractivity contribution is 7.89. The van der Waals surface area contributed by atoms with E-state index in [1.165, 1.54) is 0 Å². The molecule has 1 aliphatic heterocycles. The zero-order valence-electron chi connectivity index (χ0n) is 10.3. The van der Waals surface area contributed by atoms with Gasteiger partial charge < -0.3 is 10.2 Å². The molecule has 1 heterocycles. The quantitative estimate of drug-likeness (QED) is 0.835. The molecule has 0 amide bonds. The average molecular weight is 321 g/mol. The zero-order valence-corrected chi connectivity index (χ0v) is 11.1. The molecule has 2 N–H and O–H groups in total. The lowest BCUT2D eigenvalue weighted by Crippen LogP contribution is -2.54. The second-order valence-corrected chi connectivity index (χ2v) is 6.22. The van der Waals surface area contributed by atoms with Crippen molar-refractivity contribution in [1.29, 1.82) is 0 Å². The number of nitrogens with zero attached hydrogens (tertiary/aromatic N) is 1. The number of hydrogen-bond donors (Lipinski definition) is 2. The van der Waals surface area contributed by atoms with Crippen LogP contribution in [0.25, 0.3) is 0 Å². The minimum absolute atomic E-state index is 0.0873. The summed E-state index contributed by atoms with van der Waals surface area (Å²) in [4.78, 5) is 20.8. The van der Waals surface area contributed by atoms with Crippen LogP contribution in [0.5, 0.6) is 0 Å². The summed E-state index contributed by atoms with van der Waals surface area (Å²) in [6.45, 7) is -0.0965. The van der Waals surface area contributed by atoms with Crippen LogP contribution in [0, 0.1) is 11.6 Å². The molecule has 1 aromatic carbocycles. The van der Waals surface area contributed by atoms with E-state index in [1.54, 1.807) is 0 Å². The topological polar surface area (TPSA) is 112 Å². The third-order valence-electron chi connectivity index (χ3n) is 3.09. The zero-order chi connectivity index (χ0) is 15.9. The maximum Gasteiger partial charge on any atom is 0.338 e. The van der Waals surface area contributed by atoms with Gasteiger partial charge in [-0.3, -0.25) is 4.79 Å². The maximum atomic E-state index is 13.3. The van der Waals surface area contributed by atoms with Crippen LogP contribution in [0.4, 0.5) is 8.78 Å². The van der Waals surface area contributed by atoms with Gasteiger partial charge in [-0.05, 0) is 18.6 Å². The van der Waals surface area contributed by atoms with Gasteiger partial charge in [0.15, 0.2) is 11.6 Å². The number of carboxylic acids is 2. The van der Waals surface area contributed by atoms with E-state index in [1.807, 2.05) is 0 Å². The predicted octanol–water partition coefficient (Wildman–Crippen LogP) is 0.511. The van der Waals surface area contributed by atoms with E-state index in [0.29, 0.717) is 16.4 Å². The fourth-order valence-electron chi connectivity index (χ4n) is 1.90. The third-order valence-corrected chi connectivity index (χ3v) is 4.98. The van der Waals surface area contributed by atoms with Gasteiger partial charge >= 0.3 is 11.9 Å². The summed E-state index contributed by atoms with van der Waals surface area (Å²) in [5.41, 5.74) is -1.14. The Morgan fingerprint density at radius 2 is 1.86 bits per heavy atom. The first-order valence-electron chi connectivity index (χ1n) is 5.63. The van der Waals surface area contributed by atoms with Crippen LogP contribution in [0.2, 0.25) is 0 Å². The molecule has 1 saturated heterocycles. The van der Waals surface area contributed by atoms with Crippen molar-refractivity contribution in [3.8, 4) is 0 Å². The second-order valence-electron chi connectivity index (χ2n) is 4.33. The first kappa shape index (κ1) is 15.3. The molecule has 2 rings (SSSR count). The Balaban J connectivity index is 2.51. The highest BCUT2D eigenvalue weighted by Gasteiger charge is 2.43. The Kier molecular flexibility index (Phi) is 3.68. The Morgan fingerprint density at radius 1 is 1.24 bits per heavy atom. The van der Waals surface area contributed by atoms with E-state index in [2.05, 4.69) is 0 Å². The summed E-state index contributed by atoms with van der Waals surface area (Å²) in [6, 6.07) is -0.502. The van der Waals surface area contributed by atoms with Crippen molar-refractivity contribution < 1.29 is 37.0 Å². The molecule has 0 spiro atoms. The summed E-state index contributed by atoms with van der Waals surface area (Å²) in [6.07, 6.45) is 0.0873. The molecule has 1 fully saturated rings. The molecule has 0 unspecified atom stereocenters. The summed E-state index contributed by atoms with van der Waals surface area (Å²) in [5.74, 6) is -6.52. The normalized spacial score (nSPS) is 19.0. The number of halogens is 2. The van der Waals surface area contributed by atoms with Gasteiger partial charge in [0.1, 0.15) is 6.04 Å². The highest BCUT2D eigenvalue weighted by Crippen LogP contribution is 2.29. The van der Waals surface area contributed by atoms with Crippen molar-refractivity contribution >= 4 is 22.0 Å². The van der Waals surface area contributed by atoms with Crippen LogP contribution >= 0.6 is 0 Å². The molecular formula is C11H9F2NO6S. The van der Waals surface area contributed by atoms with Crippen molar-refractivity contribution in [2.45, 2.75) is 17.4 Å². The van der Waals surface area contributed by atoms with Gasteiger partial charge in [0.2, 0.25) is 10.0 Å². The standard InChI is InChI=1S/C11H9F2NO6S/c12-7-4-5(3-6(9(7)13)10(15)16)21(19,20)14-2-1-8(14)11(17)18/h3-4,8H,1-2H2,(H,15,16)(H,17,18)/t8-/m0/s1. The number of carbonyl (C=O) groups is 2. The molecule has 1 atom stereocenters.